The fourth-order valence-electron chi connectivity index (χ4n) is 4.38. The Bertz CT molecular complexity index is 1420. The molecule has 0 aliphatic rings. The second-order valence-electron chi connectivity index (χ2n) is 8.89. The maximum atomic E-state index is 10.6. The van der Waals surface area contributed by atoms with Gasteiger partial charge in [0.1, 0.15) is 22.3 Å². The van der Waals surface area contributed by atoms with E-state index >= 15 is 0 Å². The quantitative estimate of drug-likeness (QED) is 0.213. The van der Waals surface area contributed by atoms with Crippen LogP contribution in [0.3, 0.4) is 0 Å². The molecule has 0 saturated carbocycles. The normalized spacial score (nSPS) is 11.1. The molecule has 9 nitrogen and oxygen atoms in total. The van der Waals surface area contributed by atoms with Gasteiger partial charge in [-0.25, -0.2) is 4.98 Å². The topological polar surface area (TPSA) is 125 Å². The van der Waals surface area contributed by atoms with Gasteiger partial charge < -0.3 is 24.9 Å². The Morgan fingerprint density at radius 2 is 1.92 bits per heavy atom. The van der Waals surface area contributed by atoms with Gasteiger partial charge in [-0.1, -0.05) is 23.7 Å². The zero-order chi connectivity index (χ0) is 26.5. The van der Waals surface area contributed by atoms with Crippen molar-refractivity contribution in [3.63, 3.8) is 0 Å². The number of aliphatic carboxylic acids is 1. The van der Waals surface area contributed by atoms with Crippen LogP contribution in [-0.4, -0.2) is 44.3 Å². The zero-order valence-electron chi connectivity index (χ0n) is 21.1. The van der Waals surface area contributed by atoms with E-state index in [1.807, 2.05) is 55.1 Å². The number of nitrogens with zero attached hydrogens (tertiary/aromatic N) is 4. The molecule has 0 atom stereocenters. The van der Waals surface area contributed by atoms with Crippen LogP contribution in [0.4, 0.5) is 5.95 Å². The molecule has 0 aliphatic carbocycles. The first-order chi connectivity index (χ1) is 17.8. The fraction of sp³-hybridized carbons (Fsp3) is 0.333. The van der Waals surface area contributed by atoms with Crippen molar-refractivity contribution in [3.05, 3.63) is 69.8 Å². The molecule has 3 aromatic heterocycles. The highest BCUT2D eigenvalue weighted by molar-refractivity contribution is 6.34. The highest BCUT2D eigenvalue weighted by Gasteiger charge is 2.18. The SMILES string of the molecule is COc1c(C)cnc(Cn2cc(CCc3ccc(OCCCC(=O)O)cc3)c3c(Cl)nc(N)nc32)c1C. The first kappa shape index (κ1) is 26.2. The van der Waals surface area contributed by atoms with E-state index < -0.39 is 5.97 Å². The number of aromatic nitrogens is 4. The van der Waals surface area contributed by atoms with Crippen LogP contribution in [0.1, 0.15) is 40.8 Å². The predicted octanol–water partition coefficient (Wildman–Crippen LogP) is 4.76. The van der Waals surface area contributed by atoms with Crippen LogP contribution in [0.5, 0.6) is 11.5 Å². The van der Waals surface area contributed by atoms with Crippen LogP contribution in [0.15, 0.2) is 36.7 Å². The van der Waals surface area contributed by atoms with Crippen molar-refractivity contribution in [1.82, 2.24) is 19.5 Å². The standard InChI is InChI=1S/C27H30ClN5O4/c1-16-13-30-21(17(2)24(16)36-3)15-33-14-19(23-25(28)31-27(29)32-26(23)33)9-6-18-7-10-20(11-8-18)37-12-4-5-22(34)35/h7-8,10-11,13-14H,4-6,9,12,15H2,1-3H3,(H,34,35)(H2,29,31,32). The number of anilines is 1. The Hall–Kier alpha value is -3.85. The number of carboxylic acids is 1. The molecule has 0 radical (unpaired) electrons. The van der Waals surface area contributed by atoms with Gasteiger partial charge in [-0.2, -0.15) is 4.98 Å². The molecular formula is C27H30ClN5O4. The number of hydrogen-bond donors (Lipinski definition) is 2. The minimum Gasteiger partial charge on any atom is -0.496 e. The van der Waals surface area contributed by atoms with Crippen molar-refractivity contribution >= 4 is 34.6 Å². The van der Waals surface area contributed by atoms with E-state index in [1.54, 1.807) is 7.11 Å². The van der Waals surface area contributed by atoms with Gasteiger partial charge in [0.05, 0.1) is 31.3 Å². The molecule has 4 rings (SSSR count). The smallest absolute Gasteiger partial charge is 0.303 e. The maximum Gasteiger partial charge on any atom is 0.303 e. The Kier molecular flexibility index (Phi) is 8.13. The van der Waals surface area contributed by atoms with Crippen LogP contribution < -0.4 is 15.2 Å². The van der Waals surface area contributed by atoms with Gasteiger partial charge in [-0.3, -0.25) is 9.78 Å². The van der Waals surface area contributed by atoms with Crippen LogP contribution in [0.25, 0.3) is 11.0 Å². The molecule has 37 heavy (non-hydrogen) atoms. The molecule has 1 aromatic carbocycles. The van der Waals surface area contributed by atoms with Crippen molar-refractivity contribution in [2.75, 3.05) is 19.5 Å². The number of halogens is 1. The summed E-state index contributed by atoms with van der Waals surface area (Å²) in [5.74, 6) is 0.837. The van der Waals surface area contributed by atoms with Gasteiger partial charge >= 0.3 is 5.97 Å². The summed E-state index contributed by atoms with van der Waals surface area (Å²) in [5.41, 5.74) is 11.6. The molecule has 0 aliphatic heterocycles. The van der Waals surface area contributed by atoms with Crippen molar-refractivity contribution in [3.8, 4) is 11.5 Å². The summed E-state index contributed by atoms with van der Waals surface area (Å²) in [6, 6.07) is 7.81. The van der Waals surface area contributed by atoms with Gasteiger partial charge in [0.2, 0.25) is 5.95 Å². The van der Waals surface area contributed by atoms with E-state index in [-0.39, 0.29) is 12.4 Å². The number of rotatable bonds is 11. The third-order valence-corrected chi connectivity index (χ3v) is 6.52. The van der Waals surface area contributed by atoms with Gasteiger partial charge in [-0.15, -0.1) is 0 Å². The number of hydrogen-bond acceptors (Lipinski definition) is 7. The molecule has 0 unspecified atom stereocenters. The van der Waals surface area contributed by atoms with Crippen molar-refractivity contribution < 1.29 is 19.4 Å². The molecule has 10 heteroatoms. The number of nitrogen functional groups attached to an aromatic ring is 1. The largest absolute Gasteiger partial charge is 0.496 e. The van der Waals surface area contributed by atoms with Crippen LogP contribution in [0, 0.1) is 13.8 Å². The van der Waals surface area contributed by atoms with E-state index in [1.165, 1.54) is 0 Å². The first-order valence-corrected chi connectivity index (χ1v) is 12.4. The third kappa shape index (κ3) is 6.11. The van der Waals surface area contributed by atoms with Gasteiger partial charge in [0.25, 0.3) is 0 Å². The van der Waals surface area contributed by atoms with E-state index in [0.717, 1.165) is 51.9 Å². The third-order valence-electron chi connectivity index (χ3n) is 6.25. The lowest BCUT2D eigenvalue weighted by Crippen LogP contribution is -2.07. The molecular weight excluding hydrogens is 494 g/mol. The van der Waals surface area contributed by atoms with E-state index in [2.05, 4.69) is 15.0 Å². The van der Waals surface area contributed by atoms with Crippen LogP contribution in [-0.2, 0) is 24.2 Å². The molecule has 3 N–H and O–H groups in total. The predicted molar refractivity (Wildman–Crippen MR) is 143 cm³/mol. The fourth-order valence-corrected chi connectivity index (χ4v) is 4.68. The lowest BCUT2D eigenvalue weighted by molar-refractivity contribution is -0.137. The Balaban J connectivity index is 1.54. The van der Waals surface area contributed by atoms with Gasteiger partial charge in [-0.05, 0) is 56.4 Å². The molecule has 0 spiro atoms. The minimum atomic E-state index is -0.821. The molecule has 0 amide bonds. The summed E-state index contributed by atoms with van der Waals surface area (Å²) < 4.78 is 13.2. The summed E-state index contributed by atoms with van der Waals surface area (Å²) in [7, 11) is 1.66. The van der Waals surface area contributed by atoms with Gasteiger partial charge in [0, 0.05) is 29.9 Å². The maximum absolute atomic E-state index is 10.6. The number of pyridine rings is 1. The monoisotopic (exact) mass is 523 g/mol. The molecule has 0 saturated heterocycles. The van der Waals surface area contributed by atoms with E-state index in [4.69, 9.17) is 31.9 Å². The number of carbonyl (C=O) groups is 1. The Morgan fingerprint density at radius 3 is 2.62 bits per heavy atom. The molecule has 0 bridgehead atoms. The molecule has 4 aromatic rings. The van der Waals surface area contributed by atoms with Gasteiger partial charge in [0.15, 0.2) is 0 Å². The number of methoxy groups -OCH3 is 1. The summed E-state index contributed by atoms with van der Waals surface area (Å²) in [4.78, 5) is 23.9. The zero-order valence-corrected chi connectivity index (χ0v) is 21.9. The lowest BCUT2D eigenvalue weighted by atomic mass is 10.0. The summed E-state index contributed by atoms with van der Waals surface area (Å²) in [6.07, 6.45) is 5.91. The second-order valence-corrected chi connectivity index (χ2v) is 9.25. The Morgan fingerprint density at radius 1 is 1.16 bits per heavy atom. The molecule has 194 valence electrons. The number of aryl methyl sites for hydroxylation is 3. The van der Waals surface area contributed by atoms with E-state index in [0.29, 0.717) is 36.1 Å². The second kappa shape index (κ2) is 11.5. The van der Waals surface area contributed by atoms with Crippen LogP contribution >= 0.6 is 11.6 Å². The average molecular weight is 524 g/mol. The van der Waals surface area contributed by atoms with Crippen molar-refractivity contribution in [2.24, 2.45) is 0 Å². The average Bonchev–Trinajstić information content (AvgIpc) is 3.20. The minimum absolute atomic E-state index is 0.0939. The number of benzene rings is 1. The molecule has 3 heterocycles. The first-order valence-electron chi connectivity index (χ1n) is 12.0. The number of carboxylic acid groups (broad SMARTS) is 1. The highest BCUT2D eigenvalue weighted by Crippen LogP contribution is 2.30. The number of ether oxygens (including phenoxy) is 2. The highest BCUT2D eigenvalue weighted by atomic mass is 35.5. The molecule has 0 fully saturated rings. The Labute approximate surface area is 220 Å². The number of nitrogens with two attached hydrogens (primary N) is 1. The summed E-state index contributed by atoms with van der Waals surface area (Å²) in [6.45, 7) is 4.82. The number of fused-ring (bicyclic) bond motifs is 1. The summed E-state index contributed by atoms with van der Waals surface area (Å²) >= 11 is 6.53. The van der Waals surface area contributed by atoms with E-state index in [9.17, 15) is 4.79 Å². The van der Waals surface area contributed by atoms with Crippen molar-refractivity contribution in [1.29, 1.82) is 0 Å². The summed E-state index contributed by atoms with van der Waals surface area (Å²) in [5, 5.41) is 9.84. The lowest BCUT2D eigenvalue weighted by Gasteiger charge is -2.13. The van der Waals surface area contributed by atoms with Crippen LogP contribution in [0.2, 0.25) is 5.15 Å². The van der Waals surface area contributed by atoms with Crippen molar-refractivity contribution in [2.45, 2.75) is 46.1 Å².